The van der Waals surface area contributed by atoms with Gasteiger partial charge in [0.05, 0.1) is 4.90 Å². The van der Waals surface area contributed by atoms with Crippen LogP contribution in [-0.4, -0.2) is 20.0 Å². The number of hydrogen-bond donors (Lipinski definition) is 0. The Morgan fingerprint density at radius 1 is 1.36 bits per heavy atom. The first-order chi connectivity index (χ1) is 6.42. The first kappa shape index (κ1) is 9.68. The normalized spacial score (nSPS) is 18.3. The Kier molecular flexibility index (Phi) is 1.94. The summed E-state index contributed by atoms with van der Waals surface area (Å²) in [6.45, 7) is 1.68. The predicted molar refractivity (Wildman–Crippen MR) is 52.6 cm³/mol. The molecule has 2 rings (SSSR count). The van der Waals surface area contributed by atoms with Crippen LogP contribution < -0.4 is 0 Å². The van der Waals surface area contributed by atoms with Crippen molar-refractivity contribution in [3.8, 4) is 0 Å². The molecule has 0 saturated carbocycles. The number of carbonyl (C=O) groups is 1. The number of fused-ring (bicyclic) bond motifs is 1. The maximum Gasteiger partial charge on any atom is 0.186 e. The fourth-order valence-electron chi connectivity index (χ4n) is 1.64. The van der Waals surface area contributed by atoms with Gasteiger partial charge in [-0.2, -0.15) is 0 Å². The van der Waals surface area contributed by atoms with Gasteiger partial charge in [0.1, 0.15) is 5.75 Å². The fraction of sp³-hybridized carbons (Fsp3) is 0.222. The molecule has 0 amide bonds. The Bertz CT molecular complexity index is 531. The lowest BCUT2D eigenvalue weighted by molar-refractivity contribution is 0.102. The molecule has 0 bridgehead atoms. The molecule has 0 radical (unpaired) electrons. The minimum absolute atomic E-state index is 0.0764. The quantitative estimate of drug-likeness (QED) is 0.681. The standard InChI is InChI=1S/C9H7ClO3S/c1-5-2-6(10)3-8-9(5)7(11)4-14(8,12)13/h2-3H,4H2,1H3. The van der Waals surface area contributed by atoms with Gasteiger partial charge in [0.25, 0.3) is 0 Å². The molecule has 1 heterocycles. The molecule has 3 nitrogen and oxygen atoms in total. The second kappa shape index (κ2) is 2.81. The third-order valence-electron chi connectivity index (χ3n) is 2.20. The molecule has 74 valence electrons. The van der Waals surface area contributed by atoms with Gasteiger partial charge in [-0.05, 0) is 24.6 Å². The molecule has 0 N–H and O–H groups in total. The number of hydrogen-bond acceptors (Lipinski definition) is 3. The molecule has 0 saturated heterocycles. The zero-order chi connectivity index (χ0) is 10.5. The van der Waals surface area contributed by atoms with Gasteiger partial charge in [-0.1, -0.05) is 11.6 Å². The summed E-state index contributed by atoms with van der Waals surface area (Å²) >= 11 is 5.73. The Morgan fingerprint density at radius 3 is 2.64 bits per heavy atom. The third-order valence-corrected chi connectivity index (χ3v) is 4.05. The number of benzene rings is 1. The van der Waals surface area contributed by atoms with Crippen molar-refractivity contribution in [2.75, 3.05) is 5.75 Å². The third kappa shape index (κ3) is 1.26. The highest BCUT2D eigenvalue weighted by Crippen LogP contribution is 2.31. The molecule has 1 aromatic rings. The Labute approximate surface area is 86.6 Å². The monoisotopic (exact) mass is 230 g/mol. The van der Waals surface area contributed by atoms with Crippen molar-refractivity contribution in [3.63, 3.8) is 0 Å². The maximum absolute atomic E-state index is 11.5. The van der Waals surface area contributed by atoms with Gasteiger partial charge in [-0.25, -0.2) is 8.42 Å². The smallest absolute Gasteiger partial charge is 0.186 e. The molecule has 14 heavy (non-hydrogen) atoms. The molecule has 1 aliphatic rings. The first-order valence-electron chi connectivity index (χ1n) is 3.98. The summed E-state index contributed by atoms with van der Waals surface area (Å²) < 4.78 is 23.0. The van der Waals surface area contributed by atoms with Crippen LogP contribution in [0.15, 0.2) is 17.0 Å². The van der Waals surface area contributed by atoms with Crippen LogP contribution in [-0.2, 0) is 9.84 Å². The van der Waals surface area contributed by atoms with Crippen molar-refractivity contribution in [1.29, 1.82) is 0 Å². The van der Waals surface area contributed by atoms with Crippen molar-refractivity contribution >= 4 is 27.2 Å². The van der Waals surface area contributed by atoms with Crippen molar-refractivity contribution < 1.29 is 13.2 Å². The van der Waals surface area contributed by atoms with Crippen LogP contribution in [0.3, 0.4) is 0 Å². The topological polar surface area (TPSA) is 51.2 Å². The van der Waals surface area contributed by atoms with E-state index in [1.807, 2.05) is 0 Å². The van der Waals surface area contributed by atoms with E-state index in [2.05, 4.69) is 0 Å². The molecule has 0 aromatic heterocycles. The van der Waals surface area contributed by atoms with Crippen LogP contribution in [0.5, 0.6) is 0 Å². The summed E-state index contributed by atoms with van der Waals surface area (Å²) in [6, 6.07) is 2.93. The highest BCUT2D eigenvalue weighted by atomic mass is 35.5. The van der Waals surface area contributed by atoms with Crippen LogP contribution in [0.25, 0.3) is 0 Å². The van der Waals surface area contributed by atoms with Gasteiger partial charge in [-0.3, -0.25) is 4.79 Å². The van der Waals surface area contributed by atoms with Crippen LogP contribution in [0, 0.1) is 6.92 Å². The molecule has 0 atom stereocenters. The molecule has 0 unspecified atom stereocenters. The lowest BCUT2D eigenvalue weighted by Gasteiger charge is -2.01. The number of ketones is 1. The molecular formula is C9H7ClO3S. The zero-order valence-electron chi connectivity index (χ0n) is 7.37. The lowest BCUT2D eigenvalue weighted by Crippen LogP contribution is -2.03. The van der Waals surface area contributed by atoms with Gasteiger partial charge in [-0.15, -0.1) is 0 Å². The van der Waals surface area contributed by atoms with E-state index < -0.39 is 15.6 Å². The van der Waals surface area contributed by atoms with Gasteiger partial charge in [0.15, 0.2) is 15.6 Å². The van der Waals surface area contributed by atoms with E-state index >= 15 is 0 Å². The van der Waals surface area contributed by atoms with Gasteiger partial charge >= 0.3 is 0 Å². The van der Waals surface area contributed by atoms with Crippen molar-refractivity contribution in [3.05, 3.63) is 28.3 Å². The summed E-state index contributed by atoms with van der Waals surface area (Å²) in [6.07, 6.45) is 0. The largest absolute Gasteiger partial charge is 0.293 e. The summed E-state index contributed by atoms with van der Waals surface area (Å²) in [4.78, 5) is 11.5. The number of rotatable bonds is 0. The molecule has 1 aliphatic heterocycles. The summed E-state index contributed by atoms with van der Waals surface area (Å²) in [7, 11) is -3.43. The minimum Gasteiger partial charge on any atom is -0.293 e. The number of halogens is 1. The van der Waals surface area contributed by atoms with Gasteiger partial charge in [0.2, 0.25) is 0 Å². The van der Waals surface area contributed by atoms with Crippen LogP contribution in [0.2, 0.25) is 5.02 Å². The average molecular weight is 231 g/mol. The summed E-state index contributed by atoms with van der Waals surface area (Å²) in [5, 5.41) is 0.347. The van der Waals surface area contributed by atoms with E-state index in [0.29, 0.717) is 16.1 Å². The second-order valence-electron chi connectivity index (χ2n) is 3.28. The molecule has 0 aliphatic carbocycles. The van der Waals surface area contributed by atoms with Crippen molar-refractivity contribution in [2.45, 2.75) is 11.8 Å². The zero-order valence-corrected chi connectivity index (χ0v) is 8.95. The highest BCUT2D eigenvalue weighted by Gasteiger charge is 2.34. The average Bonchev–Trinajstić information content (AvgIpc) is 2.21. The Morgan fingerprint density at radius 2 is 2.00 bits per heavy atom. The SMILES string of the molecule is Cc1cc(Cl)cc2c1C(=O)CS2(=O)=O. The highest BCUT2D eigenvalue weighted by molar-refractivity contribution is 7.92. The number of carbonyl (C=O) groups excluding carboxylic acids is 1. The van der Waals surface area contributed by atoms with Crippen LogP contribution in [0.4, 0.5) is 0 Å². The van der Waals surface area contributed by atoms with E-state index in [1.54, 1.807) is 13.0 Å². The molecule has 1 aromatic carbocycles. The predicted octanol–water partition coefficient (Wildman–Crippen LogP) is 1.62. The second-order valence-corrected chi connectivity index (χ2v) is 5.67. The maximum atomic E-state index is 11.5. The minimum atomic E-state index is -3.43. The molecule has 5 heteroatoms. The number of aryl methyl sites for hydroxylation is 1. The van der Waals surface area contributed by atoms with E-state index in [-0.39, 0.29) is 10.7 Å². The van der Waals surface area contributed by atoms with E-state index in [1.165, 1.54) is 6.07 Å². The van der Waals surface area contributed by atoms with Crippen LogP contribution >= 0.6 is 11.6 Å². The molecule has 0 spiro atoms. The van der Waals surface area contributed by atoms with E-state index in [0.717, 1.165) is 0 Å². The fourth-order valence-corrected chi connectivity index (χ4v) is 3.51. The van der Waals surface area contributed by atoms with Crippen molar-refractivity contribution in [2.24, 2.45) is 0 Å². The van der Waals surface area contributed by atoms with Gasteiger partial charge < -0.3 is 0 Å². The van der Waals surface area contributed by atoms with Gasteiger partial charge in [0, 0.05) is 10.6 Å². The first-order valence-corrected chi connectivity index (χ1v) is 6.01. The number of sulfone groups is 1. The molecular weight excluding hydrogens is 224 g/mol. The Hall–Kier alpha value is -0.870. The van der Waals surface area contributed by atoms with Crippen LogP contribution in [0.1, 0.15) is 15.9 Å². The number of Topliss-reactive ketones (excluding diaryl/α,β-unsaturated/α-hetero) is 1. The lowest BCUT2D eigenvalue weighted by atomic mass is 10.1. The van der Waals surface area contributed by atoms with E-state index in [4.69, 9.17) is 11.6 Å². The van der Waals surface area contributed by atoms with Crippen molar-refractivity contribution in [1.82, 2.24) is 0 Å². The summed E-state index contributed by atoms with van der Waals surface area (Å²) in [5.74, 6) is -0.766. The van der Waals surface area contributed by atoms with E-state index in [9.17, 15) is 13.2 Å². The molecule has 0 fully saturated rings. The Balaban J connectivity index is 2.89. The summed E-state index contributed by atoms with van der Waals surface area (Å²) in [5.41, 5.74) is 0.924.